The maximum Gasteiger partial charge on any atom is 0.182 e. The number of thiocarbonyl (C=S) groups is 1. The Labute approximate surface area is 99.3 Å². The van der Waals surface area contributed by atoms with E-state index >= 15 is 0 Å². The average Bonchev–Trinajstić information content (AvgIpc) is 2.22. The van der Waals surface area contributed by atoms with E-state index in [1.54, 1.807) is 5.01 Å². The fraction of sp³-hybridized carbons (Fsp3) is 0.500. The van der Waals surface area contributed by atoms with Crippen LogP contribution in [0.25, 0.3) is 0 Å². The van der Waals surface area contributed by atoms with Crippen LogP contribution in [-0.2, 0) is 0 Å². The SMILES string of the molecule is CC1=C(Br)N(NC(N)=S)C(Br)N1C. The lowest BCUT2D eigenvalue weighted by atomic mass is 10.5. The molecule has 7 heteroatoms. The Kier molecular flexibility index (Phi) is 3.42. The summed E-state index contributed by atoms with van der Waals surface area (Å²) in [4.78, 5) is 2.04. The number of hydrogen-bond donors (Lipinski definition) is 2. The number of allylic oxidation sites excluding steroid dienone is 1. The van der Waals surface area contributed by atoms with Gasteiger partial charge in [0.05, 0.1) is 0 Å². The van der Waals surface area contributed by atoms with Crippen molar-refractivity contribution in [3.63, 3.8) is 0 Å². The maximum absolute atomic E-state index is 5.38. The van der Waals surface area contributed by atoms with E-state index < -0.39 is 0 Å². The van der Waals surface area contributed by atoms with Crippen molar-refractivity contribution in [1.82, 2.24) is 15.3 Å². The van der Waals surface area contributed by atoms with E-state index in [1.165, 1.54) is 0 Å². The molecule has 1 heterocycles. The first-order chi connectivity index (χ1) is 5.95. The number of halogens is 2. The summed E-state index contributed by atoms with van der Waals surface area (Å²) in [6, 6.07) is 0. The molecule has 4 nitrogen and oxygen atoms in total. The molecule has 0 aromatic heterocycles. The number of hydrogen-bond acceptors (Lipinski definition) is 3. The highest BCUT2D eigenvalue weighted by molar-refractivity contribution is 9.12. The molecule has 0 fully saturated rings. The molecule has 13 heavy (non-hydrogen) atoms. The third-order valence-electron chi connectivity index (χ3n) is 1.80. The van der Waals surface area contributed by atoms with E-state index in [0.29, 0.717) is 0 Å². The Balaban J connectivity index is 2.82. The van der Waals surface area contributed by atoms with Gasteiger partial charge in [0.1, 0.15) is 4.61 Å². The first kappa shape index (κ1) is 11.1. The highest BCUT2D eigenvalue weighted by Gasteiger charge is 2.31. The van der Waals surface area contributed by atoms with Crippen LogP contribution < -0.4 is 11.2 Å². The first-order valence-electron chi connectivity index (χ1n) is 3.53. The molecule has 0 radical (unpaired) electrons. The van der Waals surface area contributed by atoms with E-state index in [4.69, 9.17) is 18.0 Å². The molecule has 0 saturated heterocycles. The molecule has 1 aliphatic heterocycles. The van der Waals surface area contributed by atoms with E-state index in [-0.39, 0.29) is 10.2 Å². The zero-order chi connectivity index (χ0) is 10.2. The van der Waals surface area contributed by atoms with Gasteiger partial charge in [-0.25, -0.2) is 5.01 Å². The Bertz CT molecular complexity index is 267. The van der Waals surface area contributed by atoms with Crippen LogP contribution >= 0.6 is 44.1 Å². The average molecular weight is 330 g/mol. The van der Waals surface area contributed by atoms with E-state index in [1.807, 2.05) is 18.9 Å². The predicted octanol–water partition coefficient (Wildman–Crippen LogP) is 1.24. The van der Waals surface area contributed by atoms with Gasteiger partial charge in [-0.3, -0.25) is 5.43 Å². The highest BCUT2D eigenvalue weighted by atomic mass is 79.9. The second-order valence-electron chi connectivity index (χ2n) is 2.64. The van der Waals surface area contributed by atoms with Gasteiger partial charge in [-0.1, -0.05) is 0 Å². The standard InChI is InChI=1S/C6H10Br2N4S/c1-3-4(7)12(10-6(9)13)5(8)11(3)2/h5H,1-2H3,(H3,9,10,13). The lowest BCUT2D eigenvalue weighted by molar-refractivity contribution is 0.231. The quantitative estimate of drug-likeness (QED) is 0.430. The third kappa shape index (κ3) is 2.08. The molecular weight excluding hydrogens is 320 g/mol. The maximum atomic E-state index is 5.38. The molecule has 0 aromatic carbocycles. The van der Waals surface area contributed by atoms with Gasteiger partial charge in [0.25, 0.3) is 0 Å². The summed E-state index contributed by atoms with van der Waals surface area (Å²) >= 11 is 11.7. The summed E-state index contributed by atoms with van der Waals surface area (Å²) in [7, 11) is 1.97. The van der Waals surface area contributed by atoms with Crippen molar-refractivity contribution < 1.29 is 0 Å². The van der Waals surface area contributed by atoms with Crippen molar-refractivity contribution in [3.05, 3.63) is 10.3 Å². The van der Waals surface area contributed by atoms with Crippen LogP contribution in [-0.4, -0.2) is 27.1 Å². The number of nitrogens with zero attached hydrogens (tertiary/aromatic N) is 2. The summed E-state index contributed by atoms with van der Waals surface area (Å²) in [6.07, 6.45) is 0. The predicted molar refractivity (Wildman–Crippen MR) is 63.9 cm³/mol. The summed E-state index contributed by atoms with van der Waals surface area (Å²) in [6.45, 7) is 2.00. The summed E-state index contributed by atoms with van der Waals surface area (Å²) in [5.74, 6) is 0. The number of alkyl halides is 1. The third-order valence-corrected chi connectivity index (χ3v) is 3.87. The van der Waals surface area contributed by atoms with E-state index in [2.05, 4.69) is 37.3 Å². The van der Waals surface area contributed by atoms with Crippen LogP contribution in [0.5, 0.6) is 0 Å². The smallest absolute Gasteiger partial charge is 0.182 e. The summed E-state index contributed by atoms with van der Waals surface area (Å²) < 4.78 is 0.921. The molecule has 0 saturated carbocycles. The number of rotatable bonds is 1. The van der Waals surface area contributed by atoms with Gasteiger partial charge in [0.15, 0.2) is 10.2 Å². The number of nitrogens with two attached hydrogens (primary N) is 1. The van der Waals surface area contributed by atoms with Crippen LogP contribution in [0.3, 0.4) is 0 Å². The van der Waals surface area contributed by atoms with Gasteiger partial charge >= 0.3 is 0 Å². The lowest BCUT2D eigenvalue weighted by Gasteiger charge is -2.26. The molecule has 74 valence electrons. The monoisotopic (exact) mass is 328 g/mol. The number of hydrazine groups is 1. The van der Waals surface area contributed by atoms with Crippen LogP contribution in [0, 0.1) is 0 Å². The largest absolute Gasteiger partial charge is 0.375 e. The minimum atomic E-state index is 0.0170. The zero-order valence-corrected chi connectivity index (χ0v) is 11.2. The Morgan fingerprint density at radius 2 is 2.23 bits per heavy atom. The van der Waals surface area contributed by atoms with Gasteiger partial charge in [0, 0.05) is 12.7 Å². The molecular formula is C6H10Br2N4S. The van der Waals surface area contributed by atoms with Crippen molar-refractivity contribution in [2.75, 3.05) is 7.05 Å². The Morgan fingerprint density at radius 3 is 2.54 bits per heavy atom. The molecule has 1 aliphatic rings. The molecule has 0 amide bonds. The molecule has 0 aromatic rings. The van der Waals surface area contributed by atoms with Gasteiger partial charge in [0.2, 0.25) is 0 Å². The minimum absolute atomic E-state index is 0.0170. The topological polar surface area (TPSA) is 44.5 Å². The highest BCUT2D eigenvalue weighted by Crippen LogP contribution is 2.32. The van der Waals surface area contributed by atoms with E-state index in [0.717, 1.165) is 10.3 Å². The molecule has 0 bridgehead atoms. The van der Waals surface area contributed by atoms with Gasteiger partial charge < -0.3 is 10.6 Å². The van der Waals surface area contributed by atoms with Gasteiger partial charge in [-0.05, 0) is 51.0 Å². The summed E-state index contributed by atoms with van der Waals surface area (Å²) in [5, 5.41) is 2.06. The summed E-state index contributed by atoms with van der Waals surface area (Å²) in [5.41, 5.74) is 9.34. The van der Waals surface area contributed by atoms with Crippen LogP contribution in [0.2, 0.25) is 0 Å². The van der Waals surface area contributed by atoms with Crippen molar-refractivity contribution in [3.8, 4) is 0 Å². The Morgan fingerprint density at radius 1 is 1.69 bits per heavy atom. The van der Waals surface area contributed by atoms with Crippen molar-refractivity contribution in [2.45, 2.75) is 12.0 Å². The second-order valence-corrected chi connectivity index (χ2v) is 4.65. The second kappa shape index (κ2) is 4.02. The molecule has 1 unspecified atom stereocenters. The Hall–Kier alpha value is -0.0100. The van der Waals surface area contributed by atoms with Crippen molar-refractivity contribution in [1.29, 1.82) is 0 Å². The number of nitrogens with one attached hydrogen (secondary N) is 1. The molecule has 1 rings (SSSR count). The molecule has 1 atom stereocenters. The van der Waals surface area contributed by atoms with E-state index in [9.17, 15) is 0 Å². The van der Waals surface area contributed by atoms with Crippen LogP contribution in [0.4, 0.5) is 0 Å². The fourth-order valence-corrected chi connectivity index (χ4v) is 2.52. The molecule has 3 N–H and O–H groups in total. The lowest BCUT2D eigenvalue weighted by Crippen LogP contribution is -2.47. The van der Waals surface area contributed by atoms with Crippen molar-refractivity contribution >= 4 is 49.2 Å². The van der Waals surface area contributed by atoms with Crippen LogP contribution in [0.1, 0.15) is 6.92 Å². The van der Waals surface area contributed by atoms with Gasteiger partial charge in [-0.2, -0.15) is 0 Å². The first-order valence-corrected chi connectivity index (χ1v) is 5.65. The zero-order valence-electron chi connectivity index (χ0n) is 7.21. The molecule has 0 aliphatic carbocycles. The van der Waals surface area contributed by atoms with Gasteiger partial charge in [-0.15, -0.1) is 0 Å². The molecule has 0 spiro atoms. The van der Waals surface area contributed by atoms with Crippen LogP contribution in [0.15, 0.2) is 10.3 Å². The van der Waals surface area contributed by atoms with Crippen molar-refractivity contribution in [2.24, 2.45) is 5.73 Å². The normalized spacial score (nSPS) is 22.6. The fourth-order valence-electron chi connectivity index (χ4n) is 0.967. The minimum Gasteiger partial charge on any atom is -0.375 e.